The fourth-order valence-corrected chi connectivity index (χ4v) is 7.99. The van der Waals surface area contributed by atoms with Gasteiger partial charge in [-0.25, -0.2) is 9.59 Å². The van der Waals surface area contributed by atoms with E-state index in [0.29, 0.717) is 19.1 Å². The fraction of sp³-hybridized carbons (Fsp3) is 0.724. The maximum Gasteiger partial charge on any atom is 0.404 e. The van der Waals surface area contributed by atoms with Crippen molar-refractivity contribution in [2.24, 2.45) is 35.3 Å². The molecule has 8 nitrogen and oxygen atoms in total. The van der Waals surface area contributed by atoms with E-state index >= 15 is 0 Å². The Labute approximate surface area is 221 Å². The summed E-state index contributed by atoms with van der Waals surface area (Å²) in [5.41, 5.74) is 7.28. The summed E-state index contributed by atoms with van der Waals surface area (Å²) in [6, 6.07) is 8.76. The molecule has 5 aliphatic rings. The molecular weight excluding hydrogens is 468 g/mol. The smallest absolute Gasteiger partial charge is 0.404 e. The van der Waals surface area contributed by atoms with Crippen LogP contribution in [0, 0.1) is 29.6 Å². The number of nitrogens with two attached hydrogens (primary N) is 1. The quantitative estimate of drug-likeness (QED) is 0.391. The summed E-state index contributed by atoms with van der Waals surface area (Å²) < 4.78 is 10.2. The molecule has 4 aliphatic carbocycles. The van der Waals surface area contributed by atoms with Crippen LogP contribution in [-0.2, 0) is 16.1 Å². The zero-order valence-corrected chi connectivity index (χ0v) is 22.2. The van der Waals surface area contributed by atoms with Crippen molar-refractivity contribution < 1.29 is 19.1 Å². The Morgan fingerprint density at radius 1 is 1.11 bits per heavy atom. The van der Waals surface area contributed by atoms with Gasteiger partial charge in [0, 0.05) is 31.6 Å². The second-order valence-electron chi connectivity index (χ2n) is 11.8. The third kappa shape index (κ3) is 6.40. The highest BCUT2D eigenvalue weighted by molar-refractivity contribution is 5.74. The molecule has 6 rings (SSSR count). The predicted molar refractivity (Wildman–Crippen MR) is 142 cm³/mol. The van der Waals surface area contributed by atoms with Crippen molar-refractivity contribution in [2.75, 3.05) is 39.9 Å². The van der Waals surface area contributed by atoms with E-state index in [1.807, 2.05) is 11.9 Å². The maximum atomic E-state index is 13.4. The van der Waals surface area contributed by atoms with E-state index in [0.717, 1.165) is 74.0 Å². The van der Waals surface area contributed by atoms with Crippen LogP contribution in [-0.4, -0.2) is 63.0 Å². The molecule has 204 valence electrons. The Morgan fingerprint density at radius 2 is 1.92 bits per heavy atom. The van der Waals surface area contributed by atoms with Crippen LogP contribution in [0.4, 0.5) is 9.59 Å². The van der Waals surface area contributed by atoms with E-state index in [2.05, 4.69) is 39.6 Å². The number of benzene rings is 1. The number of ether oxygens (including phenoxy) is 2. The van der Waals surface area contributed by atoms with Crippen molar-refractivity contribution in [3.05, 3.63) is 35.4 Å². The minimum absolute atomic E-state index is 0.0978. The molecule has 1 aromatic rings. The molecule has 8 heteroatoms. The number of amides is 3. The Balaban J connectivity index is 1.10. The van der Waals surface area contributed by atoms with Crippen LogP contribution in [0.25, 0.3) is 0 Å². The summed E-state index contributed by atoms with van der Waals surface area (Å²) in [6.45, 7) is 3.35. The molecule has 4 bridgehead atoms. The second-order valence-corrected chi connectivity index (χ2v) is 11.8. The van der Waals surface area contributed by atoms with Crippen LogP contribution in [0.2, 0.25) is 0 Å². The van der Waals surface area contributed by atoms with Crippen molar-refractivity contribution in [3.63, 3.8) is 0 Å². The molecule has 37 heavy (non-hydrogen) atoms. The zero-order valence-electron chi connectivity index (χ0n) is 22.2. The van der Waals surface area contributed by atoms with E-state index in [9.17, 15) is 9.59 Å². The average molecular weight is 513 g/mol. The molecule has 0 radical (unpaired) electrons. The third-order valence-corrected chi connectivity index (χ3v) is 9.48. The fourth-order valence-electron chi connectivity index (χ4n) is 7.99. The minimum Gasteiger partial charge on any atom is -0.447 e. The van der Waals surface area contributed by atoms with E-state index in [1.54, 1.807) is 0 Å². The summed E-state index contributed by atoms with van der Waals surface area (Å²) >= 11 is 0. The average Bonchev–Trinajstić information content (AvgIpc) is 3.31. The van der Waals surface area contributed by atoms with E-state index < -0.39 is 6.09 Å². The van der Waals surface area contributed by atoms with Crippen LogP contribution in [0.5, 0.6) is 0 Å². The lowest BCUT2D eigenvalue weighted by Gasteiger charge is -2.37. The summed E-state index contributed by atoms with van der Waals surface area (Å²) in [4.78, 5) is 26.0. The van der Waals surface area contributed by atoms with E-state index in [1.165, 1.54) is 31.2 Å². The predicted octanol–water partition coefficient (Wildman–Crippen LogP) is 3.85. The van der Waals surface area contributed by atoms with Crippen molar-refractivity contribution >= 4 is 12.1 Å². The number of primary amides is 1. The van der Waals surface area contributed by atoms with Gasteiger partial charge >= 0.3 is 12.1 Å². The second kappa shape index (κ2) is 12.0. The first-order valence-electron chi connectivity index (χ1n) is 14.3. The number of urea groups is 1. The van der Waals surface area contributed by atoms with Gasteiger partial charge in [0.1, 0.15) is 6.61 Å². The SMILES string of the molecule is CNC[C@H](C[C@H]1[C@H]2C[C@@H]3C[C@@H](C2)[C@@H]1C3)NC(=O)N1CCC[C@H](c2ccc(COCCOC(N)=O)cc2)C1. The molecule has 5 fully saturated rings. The highest BCUT2D eigenvalue weighted by Gasteiger charge is 2.53. The molecule has 0 aromatic heterocycles. The van der Waals surface area contributed by atoms with Gasteiger partial charge in [0.25, 0.3) is 0 Å². The lowest BCUT2D eigenvalue weighted by molar-refractivity contribution is 0.0681. The van der Waals surface area contributed by atoms with E-state index in [4.69, 9.17) is 10.5 Å². The number of nitrogens with zero attached hydrogens (tertiary/aromatic N) is 1. The molecule has 1 aliphatic heterocycles. The van der Waals surface area contributed by atoms with Gasteiger partial charge in [-0.15, -0.1) is 0 Å². The first kappa shape index (κ1) is 26.3. The molecule has 1 heterocycles. The molecule has 3 amide bonds. The largest absolute Gasteiger partial charge is 0.447 e. The van der Waals surface area contributed by atoms with Crippen molar-refractivity contribution in [2.45, 2.75) is 63.5 Å². The summed E-state index contributed by atoms with van der Waals surface area (Å²) in [5.74, 6) is 4.93. The molecule has 0 spiro atoms. The summed E-state index contributed by atoms with van der Waals surface area (Å²) in [5, 5.41) is 6.76. The van der Waals surface area contributed by atoms with Gasteiger partial charge in [0.2, 0.25) is 0 Å². The Bertz CT molecular complexity index is 921. The lowest BCUT2D eigenvalue weighted by atomic mass is 9.73. The standard InChI is InChI=1S/C29H44N4O4/c1-31-16-25(15-27-24-12-20-11-23(14-24)26(27)13-20)32-29(35)33-8-2-3-22(17-33)21-6-4-19(5-7-21)18-36-9-10-37-28(30)34/h4-7,20,22-27,31H,2-3,8-18H2,1H3,(H2,30,34)(H,32,35)/t20-,22-,23-,24-,25-,26-,27-/m0/s1. The Morgan fingerprint density at radius 3 is 2.68 bits per heavy atom. The summed E-state index contributed by atoms with van der Waals surface area (Å²) in [7, 11) is 1.99. The van der Waals surface area contributed by atoms with Gasteiger partial charge in [-0.2, -0.15) is 0 Å². The number of hydrogen-bond donors (Lipinski definition) is 3. The third-order valence-electron chi connectivity index (χ3n) is 9.48. The highest BCUT2D eigenvalue weighted by atomic mass is 16.6. The topological polar surface area (TPSA) is 106 Å². The van der Waals surface area contributed by atoms with Crippen molar-refractivity contribution in [3.8, 4) is 0 Å². The van der Waals surface area contributed by atoms with Crippen molar-refractivity contribution in [1.82, 2.24) is 15.5 Å². The van der Waals surface area contributed by atoms with Crippen LogP contribution in [0.15, 0.2) is 24.3 Å². The number of likely N-dealkylation sites (N-methyl/N-ethyl adjacent to an activating group) is 1. The number of carbonyl (C=O) groups excluding carboxylic acids is 2. The summed E-state index contributed by atoms with van der Waals surface area (Å²) in [6.07, 6.45) is 8.24. The van der Waals surface area contributed by atoms with Crippen LogP contribution >= 0.6 is 0 Å². The number of nitrogens with one attached hydrogen (secondary N) is 2. The molecule has 0 unspecified atom stereocenters. The van der Waals surface area contributed by atoms with Crippen LogP contribution in [0.3, 0.4) is 0 Å². The monoisotopic (exact) mass is 512 g/mol. The first-order chi connectivity index (χ1) is 18.0. The van der Waals surface area contributed by atoms with E-state index in [-0.39, 0.29) is 18.7 Å². The Hall–Kier alpha value is -2.32. The number of rotatable bonds is 11. The Kier molecular flexibility index (Phi) is 8.55. The molecule has 4 saturated carbocycles. The first-order valence-corrected chi connectivity index (χ1v) is 14.3. The zero-order chi connectivity index (χ0) is 25.8. The molecule has 7 atom stereocenters. The van der Waals surface area contributed by atoms with Gasteiger partial charge in [-0.1, -0.05) is 24.3 Å². The van der Waals surface area contributed by atoms with Gasteiger partial charge in [0.05, 0.1) is 13.2 Å². The molecular formula is C29H44N4O4. The van der Waals surface area contributed by atoms with Gasteiger partial charge < -0.3 is 30.7 Å². The van der Waals surface area contributed by atoms with Gasteiger partial charge in [0.15, 0.2) is 0 Å². The molecule has 1 aromatic carbocycles. The number of hydrogen-bond acceptors (Lipinski definition) is 5. The molecule has 4 N–H and O–H groups in total. The van der Waals surface area contributed by atoms with Gasteiger partial charge in [-0.05, 0) is 92.7 Å². The number of piperidine rings is 1. The number of carbonyl (C=O) groups is 2. The van der Waals surface area contributed by atoms with Crippen LogP contribution < -0.4 is 16.4 Å². The van der Waals surface area contributed by atoms with Crippen LogP contribution in [0.1, 0.15) is 62.0 Å². The molecule has 1 saturated heterocycles. The lowest BCUT2D eigenvalue weighted by Crippen LogP contribution is -2.51. The van der Waals surface area contributed by atoms with Crippen molar-refractivity contribution in [1.29, 1.82) is 0 Å². The highest BCUT2D eigenvalue weighted by Crippen LogP contribution is 2.62. The van der Waals surface area contributed by atoms with Gasteiger partial charge in [-0.3, -0.25) is 0 Å². The minimum atomic E-state index is -0.784. The number of likely N-dealkylation sites (tertiary alicyclic amines) is 1. The maximum absolute atomic E-state index is 13.4. The normalized spacial score (nSPS) is 30.9.